The maximum absolute atomic E-state index is 12.7. The molecule has 1 heterocycles. The SMILES string of the molecule is Fc1ccc(C2=NOCC(CCl)=C2)cc1. The molecule has 4 heteroatoms. The summed E-state index contributed by atoms with van der Waals surface area (Å²) in [6.07, 6.45) is 1.86. The van der Waals surface area contributed by atoms with Crippen LogP contribution in [-0.4, -0.2) is 18.2 Å². The van der Waals surface area contributed by atoms with E-state index < -0.39 is 0 Å². The lowest BCUT2D eigenvalue weighted by Crippen LogP contribution is -2.09. The Bertz CT molecular complexity index is 411. The van der Waals surface area contributed by atoms with Gasteiger partial charge in [0.05, 0.1) is 0 Å². The summed E-state index contributed by atoms with van der Waals surface area (Å²) in [6.45, 7) is 0.425. The number of oxime groups is 1. The number of benzene rings is 1. The van der Waals surface area contributed by atoms with E-state index in [9.17, 15) is 4.39 Å². The monoisotopic (exact) mass is 225 g/mol. The molecular formula is C11H9ClFNO. The van der Waals surface area contributed by atoms with Gasteiger partial charge in [0.25, 0.3) is 0 Å². The first-order chi connectivity index (χ1) is 7.29. The number of rotatable bonds is 2. The smallest absolute Gasteiger partial charge is 0.139 e. The summed E-state index contributed by atoms with van der Waals surface area (Å²) in [7, 11) is 0. The average molecular weight is 226 g/mol. The third kappa shape index (κ3) is 2.36. The Balaban J connectivity index is 2.28. The van der Waals surface area contributed by atoms with E-state index in [0.717, 1.165) is 11.1 Å². The Morgan fingerprint density at radius 2 is 2.07 bits per heavy atom. The summed E-state index contributed by atoms with van der Waals surface area (Å²) in [4.78, 5) is 5.01. The third-order valence-electron chi connectivity index (χ3n) is 2.07. The number of halogens is 2. The van der Waals surface area contributed by atoms with Gasteiger partial charge in [-0.25, -0.2) is 4.39 Å². The van der Waals surface area contributed by atoms with Crippen LogP contribution in [0, 0.1) is 5.82 Å². The summed E-state index contributed by atoms with van der Waals surface area (Å²) in [5.74, 6) is 0.151. The van der Waals surface area contributed by atoms with Crippen molar-refractivity contribution in [2.24, 2.45) is 5.16 Å². The highest BCUT2D eigenvalue weighted by molar-refractivity contribution is 6.20. The molecule has 1 aromatic rings. The van der Waals surface area contributed by atoms with Gasteiger partial charge in [0.2, 0.25) is 0 Å². The van der Waals surface area contributed by atoms with Gasteiger partial charge in [0, 0.05) is 11.4 Å². The van der Waals surface area contributed by atoms with Crippen LogP contribution in [0.3, 0.4) is 0 Å². The molecule has 78 valence electrons. The minimum Gasteiger partial charge on any atom is -0.391 e. The summed E-state index contributed by atoms with van der Waals surface area (Å²) >= 11 is 5.70. The molecule has 0 spiro atoms. The van der Waals surface area contributed by atoms with Crippen molar-refractivity contribution in [3.05, 3.63) is 47.3 Å². The van der Waals surface area contributed by atoms with Gasteiger partial charge >= 0.3 is 0 Å². The molecule has 0 unspecified atom stereocenters. The lowest BCUT2D eigenvalue weighted by molar-refractivity contribution is 0.165. The molecule has 0 saturated heterocycles. The molecule has 0 bridgehead atoms. The van der Waals surface area contributed by atoms with Crippen LogP contribution < -0.4 is 0 Å². The fraction of sp³-hybridized carbons (Fsp3) is 0.182. The van der Waals surface area contributed by atoms with E-state index in [1.54, 1.807) is 12.1 Å². The molecule has 0 amide bonds. The second kappa shape index (κ2) is 4.45. The van der Waals surface area contributed by atoms with Crippen LogP contribution in [0.5, 0.6) is 0 Å². The van der Waals surface area contributed by atoms with Gasteiger partial charge in [-0.1, -0.05) is 5.16 Å². The van der Waals surface area contributed by atoms with Gasteiger partial charge in [-0.05, 0) is 35.9 Å². The molecule has 0 fully saturated rings. The van der Waals surface area contributed by atoms with Crippen LogP contribution >= 0.6 is 11.6 Å². The highest BCUT2D eigenvalue weighted by atomic mass is 35.5. The third-order valence-corrected chi connectivity index (χ3v) is 2.41. The number of alkyl halides is 1. The topological polar surface area (TPSA) is 21.6 Å². The molecule has 2 nitrogen and oxygen atoms in total. The Hall–Kier alpha value is -1.35. The average Bonchev–Trinajstić information content (AvgIpc) is 2.30. The standard InChI is InChI=1S/C11H9ClFNO/c12-6-8-5-11(14-15-7-8)9-1-3-10(13)4-2-9/h1-5H,6-7H2. The van der Waals surface area contributed by atoms with Crippen LogP contribution in [0.4, 0.5) is 4.39 Å². The zero-order valence-electron chi connectivity index (χ0n) is 7.91. The number of allylic oxidation sites excluding steroid dienone is 1. The fourth-order valence-corrected chi connectivity index (χ4v) is 1.43. The van der Waals surface area contributed by atoms with Crippen molar-refractivity contribution < 1.29 is 9.23 Å². The zero-order chi connectivity index (χ0) is 10.7. The van der Waals surface area contributed by atoms with Gasteiger partial charge in [-0.15, -0.1) is 11.6 Å². The van der Waals surface area contributed by atoms with Crippen molar-refractivity contribution in [2.45, 2.75) is 0 Å². The molecule has 1 aliphatic rings. The Morgan fingerprint density at radius 1 is 1.33 bits per heavy atom. The van der Waals surface area contributed by atoms with E-state index in [2.05, 4.69) is 5.16 Å². The molecule has 1 aliphatic heterocycles. The molecule has 0 aliphatic carbocycles. The minimum absolute atomic E-state index is 0.266. The highest BCUT2D eigenvalue weighted by Gasteiger charge is 2.09. The first-order valence-electron chi connectivity index (χ1n) is 4.51. The van der Waals surface area contributed by atoms with Gasteiger partial charge in [0.1, 0.15) is 18.1 Å². The highest BCUT2D eigenvalue weighted by Crippen LogP contribution is 2.12. The van der Waals surface area contributed by atoms with E-state index >= 15 is 0 Å². The zero-order valence-corrected chi connectivity index (χ0v) is 8.67. The van der Waals surface area contributed by atoms with Crippen molar-refractivity contribution in [1.29, 1.82) is 0 Å². The van der Waals surface area contributed by atoms with Crippen LogP contribution in [0.2, 0.25) is 0 Å². The van der Waals surface area contributed by atoms with Crippen molar-refractivity contribution in [2.75, 3.05) is 12.5 Å². The van der Waals surface area contributed by atoms with E-state index in [4.69, 9.17) is 16.4 Å². The lowest BCUT2D eigenvalue weighted by atomic mass is 10.1. The quantitative estimate of drug-likeness (QED) is 0.710. The molecule has 1 aromatic carbocycles. The van der Waals surface area contributed by atoms with Crippen LogP contribution in [0.1, 0.15) is 5.56 Å². The van der Waals surface area contributed by atoms with Crippen molar-refractivity contribution >= 4 is 17.3 Å². The normalized spacial score (nSPS) is 15.3. The van der Waals surface area contributed by atoms with Crippen molar-refractivity contribution in [3.8, 4) is 0 Å². The van der Waals surface area contributed by atoms with Gasteiger partial charge in [0.15, 0.2) is 0 Å². The maximum Gasteiger partial charge on any atom is 0.139 e. The molecule has 15 heavy (non-hydrogen) atoms. The van der Waals surface area contributed by atoms with Gasteiger partial charge in [-0.3, -0.25) is 0 Å². The lowest BCUT2D eigenvalue weighted by Gasteiger charge is -2.11. The summed E-state index contributed by atoms with van der Waals surface area (Å²) < 4.78 is 12.7. The van der Waals surface area contributed by atoms with E-state index in [1.807, 2.05) is 6.08 Å². The number of hydrogen-bond acceptors (Lipinski definition) is 2. The Labute approximate surface area is 92.0 Å². The minimum atomic E-state index is -0.266. The Kier molecular flexibility index (Phi) is 3.02. The van der Waals surface area contributed by atoms with Crippen LogP contribution in [0.25, 0.3) is 0 Å². The predicted molar refractivity (Wildman–Crippen MR) is 57.7 cm³/mol. The molecule has 0 radical (unpaired) electrons. The fourth-order valence-electron chi connectivity index (χ4n) is 1.28. The molecule has 0 aromatic heterocycles. The van der Waals surface area contributed by atoms with Crippen LogP contribution in [-0.2, 0) is 4.84 Å². The summed E-state index contributed by atoms with van der Waals surface area (Å²) in [5, 5.41) is 3.89. The molecular weight excluding hydrogens is 217 g/mol. The predicted octanol–water partition coefficient (Wildman–Crippen LogP) is 2.73. The Morgan fingerprint density at radius 3 is 2.73 bits per heavy atom. The maximum atomic E-state index is 12.7. The molecule has 2 rings (SSSR count). The largest absolute Gasteiger partial charge is 0.391 e. The van der Waals surface area contributed by atoms with Crippen molar-refractivity contribution in [3.63, 3.8) is 0 Å². The van der Waals surface area contributed by atoms with Crippen molar-refractivity contribution in [1.82, 2.24) is 0 Å². The number of hydrogen-bond donors (Lipinski definition) is 0. The second-order valence-corrected chi connectivity index (χ2v) is 3.46. The first-order valence-corrected chi connectivity index (χ1v) is 5.04. The van der Waals surface area contributed by atoms with E-state index in [1.165, 1.54) is 12.1 Å². The first kappa shape index (κ1) is 10.2. The molecule has 0 atom stereocenters. The van der Waals surface area contributed by atoms with E-state index in [0.29, 0.717) is 18.2 Å². The second-order valence-electron chi connectivity index (χ2n) is 3.19. The molecule has 0 saturated carbocycles. The van der Waals surface area contributed by atoms with Gasteiger partial charge < -0.3 is 4.84 Å². The van der Waals surface area contributed by atoms with Gasteiger partial charge in [-0.2, -0.15) is 0 Å². The summed E-state index contributed by atoms with van der Waals surface area (Å²) in [6, 6.07) is 6.09. The van der Waals surface area contributed by atoms with Crippen LogP contribution in [0.15, 0.2) is 41.1 Å². The molecule has 0 N–H and O–H groups in total. The number of nitrogens with zero attached hydrogens (tertiary/aromatic N) is 1. The summed E-state index contributed by atoms with van der Waals surface area (Å²) in [5.41, 5.74) is 2.46. The van der Waals surface area contributed by atoms with E-state index in [-0.39, 0.29) is 5.82 Å².